The van der Waals surface area contributed by atoms with E-state index in [1.165, 1.54) is 6.08 Å². The SMILES string of the molecule is CCOC(=O)/C=C/CNCCCCN1c2cc(Cl)ccc2C(=O)N(CCOCCOC)c2ccccc21.O=CO/C=C\C(=O)O. The largest absolute Gasteiger partial charge is 0.478 e. The molecule has 2 N–H and O–H groups in total. The average Bonchev–Trinajstić information content (AvgIpc) is 3.11. The van der Waals surface area contributed by atoms with E-state index in [1.54, 1.807) is 37.1 Å². The van der Waals surface area contributed by atoms with E-state index in [9.17, 15) is 19.2 Å². The number of esters is 1. The Hall–Kier alpha value is -4.23. The Balaban J connectivity index is 0.000000777. The van der Waals surface area contributed by atoms with Crippen molar-refractivity contribution in [3.05, 3.63) is 77.5 Å². The van der Waals surface area contributed by atoms with E-state index in [0.717, 1.165) is 49.3 Å². The number of unbranched alkanes of at least 4 members (excludes halogenated alkanes) is 1. The molecular formula is C32H40ClN3O9. The van der Waals surface area contributed by atoms with Crippen molar-refractivity contribution in [3.63, 3.8) is 0 Å². The van der Waals surface area contributed by atoms with Crippen molar-refractivity contribution in [1.82, 2.24) is 5.32 Å². The molecule has 0 bridgehead atoms. The highest BCUT2D eigenvalue weighted by Crippen LogP contribution is 2.41. The van der Waals surface area contributed by atoms with Crippen LogP contribution in [-0.4, -0.2) is 89.1 Å². The Morgan fingerprint density at radius 1 is 0.978 bits per heavy atom. The van der Waals surface area contributed by atoms with Crippen molar-refractivity contribution in [2.24, 2.45) is 0 Å². The number of anilines is 3. The van der Waals surface area contributed by atoms with Crippen LogP contribution in [0.4, 0.5) is 17.1 Å². The van der Waals surface area contributed by atoms with Crippen LogP contribution in [0.1, 0.15) is 30.1 Å². The lowest BCUT2D eigenvalue weighted by Crippen LogP contribution is -2.33. The Morgan fingerprint density at radius 2 is 1.73 bits per heavy atom. The molecule has 0 saturated heterocycles. The summed E-state index contributed by atoms with van der Waals surface area (Å²) in [6, 6.07) is 13.4. The van der Waals surface area contributed by atoms with Gasteiger partial charge in [0.05, 0.1) is 55.1 Å². The fourth-order valence-corrected chi connectivity index (χ4v) is 4.42. The number of hydrogen-bond acceptors (Lipinski definition) is 10. The van der Waals surface area contributed by atoms with Crippen LogP contribution in [0.25, 0.3) is 0 Å². The second-order valence-corrected chi connectivity index (χ2v) is 9.74. The fraction of sp³-hybridized carbons (Fsp3) is 0.375. The van der Waals surface area contributed by atoms with E-state index < -0.39 is 5.97 Å². The smallest absolute Gasteiger partial charge is 0.331 e. The molecule has 1 amide bonds. The molecular weight excluding hydrogens is 606 g/mol. The van der Waals surface area contributed by atoms with E-state index in [2.05, 4.69) is 15.0 Å². The third-order valence-corrected chi connectivity index (χ3v) is 6.45. The number of benzene rings is 2. The third-order valence-electron chi connectivity index (χ3n) is 6.21. The summed E-state index contributed by atoms with van der Waals surface area (Å²) in [5.74, 6) is -1.55. The maximum absolute atomic E-state index is 13.7. The molecule has 12 nitrogen and oxygen atoms in total. The number of hydrogen-bond donors (Lipinski definition) is 2. The van der Waals surface area contributed by atoms with E-state index in [4.69, 9.17) is 30.9 Å². The van der Waals surface area contributed by atoms with Gasteiger partial charge in [0.25, 0.3) is 12.4 Å². The monoisotopic (exact) mass is 645 g/mol. The van der Waals surface area contributed by atoms with Crippen molar-refractivity contribution in [2.75, 3.05) is 69.5 Å². The molecule has 0 saturated carbocycles. The predicted molar refractivity (Wildman–Crippen MR) is 171 cm³/mol. The van der Waals surface area contributed by atoms with Crippen LogP contribution in [0.2, 0.25) is 5.02 Å². The molecule has 0 aromatic heterocycles. The van der Waals surface area contributed by atoms with Crippen LogP contribution in [0.5, 0.6) is 0 Å². The number of aliphatic carboxylic acids is 1. The quantitative estimate of drug-likeness (QED) is 0.0785. The molecule has 244 valence electrons. The molecule has 0 fully saturated rings. The number of rotatable bonds is 18. The van der Waals surface area contributed by atoms with Crippen LogP contribution in [0.15, 0.2) is 67.0 Å². The first-order valence-corrected chi connectivity index (χ1v) is 14.8. The molecule has 0 spiro atoms. The highest BCUT2D eigenvalue weighted by atomic mass is 35.5. The minimum absolute atomic E-state index is 0.0768. The average molecular weight is 646 g/mol. The molecule has 0 atom stereocenters. The molecule has 45 heavy (non-hydrogen) atoms. The van der Waals surface area contributed by atoms with Gasteiger partial charge in [-0.1, -0.05) is 29.8 Å². The zero-order valence-electron chi connectivity index (χ0n) is 25.5. The molecule has 1 heterocycles. The number of halogens is 1. The zero-order valence-corrected chi connectivity index (χ0v) is 26.2. The van der Waals surface area contributed by atoms with Gasteiger partial charge in [0.2, 0.25) is 0 Å². The summed E-state index contributed by atoms with van der Waals surface area (Å²) in [6.45, 7) is 6.23. The number of amides is 1. The van der Waals surface area contributed by atoms with Gasteiger partial charge in [0, 0.05) is 37.8 Å². The van der Waals surface area contributed by atoms with Crippen LogP contribution in [0.3, 0.4) is 0 Å². The first kappa shape index (κ1) is 37.0. The molecule has 2 aromatic rings. The fourth-order valence-electron chi connectivity index (χ4n) is 4.26. The normalized spacial score (nSPS) is 12.3. The number of carboxylic acid groups (broad SMARTS) is 1. The van der Waals surface area contributed by atoms with Crippen molar-refractivity contribution in [3.8, 4) is 0 Å². The van der Waals surface area contributed by atoms with E-state index >= 15 is 0 Å². The number of para-hydroxylation sites is 2. The predicted octanol–water partition coefficient (Wildman–Crippen LogP) is 4.35. The summed E-state index contributed by atoms with van der Waals surface area (Å²) in [6.07, 6.45) is 6.52. The lowest BCUT2D eigenvalue weighted by molar-refractivity contribution is -0.137. The molecule has 0 aliphatic carbocycles. The summed E-state index contributed by atoms with van der Waals surface area (Å²) >= 11 is 6.38. The van der Waals surface area contributed by atoms with Gasteiger partial charge < -0.3 is 39.2 Å². The van der Waals surface area contributed by atoms with Crippen molar-refractivity contribution >= 4 is 53.0 Å². The third kappa shape index (κ3) is 13.1. The molecule has 1 aliphatic rings. The second kappa shape index (κ2) is 21.5. The van der Waals surface area contributed by atoms with Crippen LogP contribution < -0.4 is 15.1 Å². The summed E-state index contributed by atoms with van der Waals surface area (Å²) in [5, 5.41) is 11.8. The van der Waals surface area contributed by atoms with Crippen LogP contribution in [0, 0.1) is 0 Å². The minimum atomic E-state index is -1.15. The van der Waals surface area contributed by atoms with Crippen molar-refractivity contribution < 1.29 is 43.2 Å². The number of ether oxygens (including phenoxy) is 4. The van der Waals surface area contributed by atoms with Crippen molar-refractivity contribution in [1.29, 1.82) is 0 Å². The number of fused-ring (bicyclic) bond motifs is 2. The molecule has 3 rings (SSSR count). The Labute approximate surface area is 268 Å². The van der Waals surface area contributed by atoms with Gasteiger partial charge in [-0.3, -0.25) is 9.59 Å². The first-order chi connectivity index (χ1) is 21.8. The number of nitrogens with zero attached hydrogens (tertiary/aromatic N) is 2. The van der Waals surface area contributed by atoms with Crippen LogP contribution in [-0.2, 0) is 33.3 Å². The topological polar surface area (TPSA) is 144 Å². The van der Waals surface area contributed by atoms with E-state index in [1.807, 2.05) is 30.3 Å². The number of nitrogens with one attached hydrogen (secondary N) is 1. The summed E-state index contributed by atoms with van der Waals surface area (Å²) in [5.41, 5.74) is 3.22. The van der Waals surface area contributed by atoms with Gasteiger partial charge in [-0.25, -0.2) is 9.59 Å². The second-order valence-electron chi connectivity index (χ2n) is 9.30. The summed E-state index contributed by atoms with van der Waals surface area (Å²) in [7, 11) is 1.63. The van der Waals surface area contributed by atoms with Gasteiger partial charge in [-0.15, -0.1) is 0 Å². The molecule has 0 radical (unpaired) electrons. The Morgan fingerprint density at radius 3 is 2.42 bits per heavy atom. The van der Waals surface area contributed by atoms with Gasteiger partial charge in [-0.05, 0) is 56.6 Å². The highest BCUT2D eigenvalue weighted by Gasteiger charge is 2.30. The minimum Gasteiger partial charge on any atom is -0.478 e. The molecule has 13 heteroatoms. The highest BCUT2D eigenvalue weighted by molar-refractivity contribution is 6.31. The lowest BCUT2D eigenvalue weighted by atomic mass is 10.1. The molecule has 1 aliphatic heterocycles. The van der Waals surface area contributed by atoms with Gasteiger partial charge >= 0.3 is 11.9 Å². The number of carbonyl (C=O) groups is 4. The van der Waals surface area contributed by atoms with Crippen LogP contribution >= 0.6 is 11.6 Å². The van der Waals surface area contributed by atoms with E-state index in [0.29, 0.717) is 56.2 Å². The molecule has 2 aromatic carbocycles. The zero-order chi connectivity index (χ0) is 32.9. The van der Waals surface area contributed by atoms with Gasteiger partial charge in [-0.2, -0.15) is 0 Å². The van der Waals surface area contributed by atoms with Gasteiger partial charge in [0.1, 0.15) is 6.26 Å². The number of carboxylic acids is 1. The Bertz CT molecular complexity index is 1300. The van der Waals surface area contributed by atoms with Crippen molar-refractivity contribution in [2.45, 2.75) is 19.8 Å². The maximum atomic E-state index is 13.7. The molecule has 0 unspecified atom stereocenters. The van der Waals surface area contributed by atoms with Gasteiger partial charge in [0.15, 0.2) is 0 Å². The summed E-state index contributed by atoms with van der Waals surface area (Å²) in [4.78, 5) is 47.9. The Kier molecular flexibility index (Phi) is 17.6. The lowest BCUT2D eigenvalue weighted by Gasteiger charge is -2.27. The maximum Gasteiger partial charge on any atom is 0.331 e. The van der Waals surface area contributed by atoms with E-state index in [-0.39, 0.29) is 18.3 Å². The summed E-state index contributed by atoms with van der Waals surface area (Å²) < 4.78 is 19.5. The first-order valence-electron chi connectivity index (χ1n) is 14.4. The number of carbonyl (C=O) groups excluding carboxylic acids is 3. The number of methoxy groups -OCH3 is 1. The standard InChI is InChI=1S/C28H36ClN3O5.C4H4O4/c1-3-37-27(33)11-8-15-30-14-6-7-16-31-24-9-4-5-10-25(24)32(17-18-36-20-19-35-2)28(34)23-13-12-22(29)21-26(23)31;5-3-8-2-1-4(6)7/h4-5,8-13,21,30H,3,6-7,14-20H2,1-2H3;1-3H,(H,6,7)/b11-8+;2-1-.